The maximum Gasteiger partial charge on any atom is 0.262 e. The maximum absolute atomic E-state index is 14.5. The number of carbonyl (C=O) groups is 4. The van der Waals surface area contributed by atoms with Gasteiger partial charge in [-0.2, -0.15) is 0 Å². The lowest BCUT2D eigenvalue weighted by atomic mass is 10.1. The fourth-order valence-corrected chi connectivity index (χ4v) is 25.4. The van der Waals surface area contributed by atoms with Crippen molar-refractivity contribution in [3.63, 3.8) is 0 Å². The number of para-hydroxylation sites is 8. The second-order valence-electron chi connectivity index (χ2n) is 23.1. The molecule has 0 saturated heterocycles. The van der Waals surface area contributed by atoms with Crippen LogP contribution in [-0.4, -0.2) is 68.2 Å². The summed E-state index contributed by atoms with van der Waals surface area (Å²) in [6.07, 6.45) is 0. The van der Waals surface area contributed by atoms with Crippen LogP contribution >= 0.6 is 0 Å². The van der Waals surface area contributed by atoms with Crippen LogP contribution in [0.4, 0.5) is 45.5 Å². The monoisotopic (exact) mass is 1260 g/mol. The molecule has 4 heterocycles. The van der Waals surface area contributed by atoms with Crippen LogP contribution in [0.2, 0.25) is 0 Å². The van der Waals surface area contributed by atoms with E-state index >= 15 is 0 Å². The van der Waals surface area contributed by atoms with Gasteiger partial charge in [-0.1, -0.05) is 146 Å². The molecule has 0 radical (unpaired) electrons. The van der Waals surface area contributed by atoms with E-state index in [2.05, 4.69) is 97.1 Å². The zero-order chi connectivity index (χ0) is 64.2. The van der Waals surface area contributed by atoms with Gasteiger partial charge < -0.3 is 18.9 Å². The Balaban J connectivity index is 0.000000155. The Morgan fingerprint density at radius 3 is 0.489 bits per heavy atom. The number of benzene rings is 12. The molecular weight excluding hydrogens is 1200 g/mol. The number of hydrogen-bond acceptors (Lipinski definition) is 8. The molecule has 0 aliphatic carbocycles. The predicted octanol–water partition coefficient (Wildman–Crippen LogP) is 11.3. The van der Waals surface area contributed by atoms with Crippen molar-refractivity contribution >= 4 is 127 Å². The van der Waals surface area contributed by atoms with E-state index in [1.807, 2.05) is 214 Å². The molecular formula is C80H60N4O8Si2. The van der Waals surface area contributed by atoms with Gasteiger partial charge in [0, 0.05) is 67.8 Å². The Morgan fingerprint density at radius 1 is 0.213 bits per heavy atom. The zero-order valence-electron chi connectivity index (χ0n) is 51.8. The third-order valence-electron chi connectivity index (χ3n) is 18.6. The Hall–Kier alpha value is -11.8. The third kappa shape index (κ3) is 9.00. The molecule has 0 unspecified atom stereocenters. The number of methoxy groups -OCH3 is 4. The molecule has 4 aliphatic heterocycles. The molecule has 12 aromatic rings. The van der Waals surface area contributed by atoms with Gasteiger partial charge in [0.1, 0.15) is 23.0 Å². The van der Waals surface area contributed by atoms with Crippen LogP contribution in [0, 0.1) is 0 Å². The first kappa shape index (κ1) is 58.5. The average molecular weight is 1260 g/mol. The van der Waals surface area contributed by atoms with Crippen LogP contribution in [-0.2, 0) is 0 Å². The van der Waals surface area contributed by atoms with Crippen molar-refractivity contribution in [3.8, 4) is 23.0 Å². The number of anilines is 8. The largest absolute Gasteiger partial charge is 0.497 e. The van der Waals surface area contributed by atoms with Gasteiger partial charge in [-0.3, -0.25) is 38.8 Å². The lowest BCUT2D eigenvalue weighted by Crippen LogP contribution is -2.80. The summed E-state index contributed by atoms with van der Waals surface area (Å²) in [5.74, 6) is 2.28. The van der Waals surface area contributed by atoms with Gasteiger partial charge in [0.05, 0.1) is 28.4 Å². The number of hydrogen-bond donors (Lipinski definition) is 0. The predicted molar refractivity (Wildman–Crippen MR) is 378 cm³/mol. The first-order chi connectivity index (χ1) is 46.1. The van der Waals surface area contributed by atoms with Crippen molar-refractivity contribution in [3.05, 3.63) is 313 Å². The van der Waals surface area contributed by atoms with Gasteiger partial charge in [0.2, 0.25) is 0 Å². The summed E-state index contributed by atoms with van der Waals surface area (Å²) in [6, 6.07) is 95.0. The normalized spacial score (nSPS) is 13.6. The molecule has 0 atom stereocenters. The number of fused-ring (bicyclic) bond motifs is 16. The van der Waals surface area contributed by atoms with Crippen molar-refractivity contribution in [2.75, 3.05) is 48.0 Å². The fourth-order valence-electron chi connectivity index (χ4n) is 14.5. The van der Waals surface area contributed by atoms with Crippen LogP contribution in [0.25, 0.3) is 0 Å². The summed E-state index contributed by atoms with van der Waals surface area (Å²) < 4.78 is 21.4. The topological polar surface area (TPSA) is 118 Å². The number of carbonyl (C=O) groups excluding carboxylic acids is 4. The second-order valence-corrected chi connectivity index (χ2v) is 30.4. The number of nitrogens with zero attached hydrogens (tertiary/aromatic N) is 4. The van der Waals surface area contributed by atoms with E-state index in [0.717, 1.165) is 87.0 Å². The highest BCUT2D eigenvalue weighted by atomic mass is 28.3. The molecule has 0 fully saturated rings. The Labute approximate surface area is 546 Å². The van der Waals surface area contributed by atoms with Gasteiger partial charge in [-0.15, -0.1) is 0 Å². The van der Waals surface area contributed by atoms with Crippen molar-refractivity contribution in [2.45, 2.75) is 0 Å². The van der Waals surface area contributed by atoms with E-state index in [1.54, 1.807) is 28.4 Å². The van der Waals surface area contributed by atoms with Crippen molar-refractivity contribution < 1.29 is 38.1 Å². The molecule has 4 aliphatic rings. The maximum atomic E-state index is 14.5. The average Bonchev–Trinajstić information content (AvgIpc) is 0.686. The smallest absolute Gasteiger partial charge is 0.262 e. The van der Waals surface area contributed by atoms with Crippen LogP contribution in [0.15, 0.2) is 291 Å². The van der Waals surface area contributed by atoms with E-state index < -0.39 is 16.1 Å². The van der Waals surface area contributed by atoms with Crippen molar-refractivity contribution in [1.29, 1.82) is 0 Å². The van der Waals surface area contributed by atoms with Crippen molar-refractivity contribution in [1.82, 2.24) is 0 Å². The molecule has 2 spiro atoms. The molecule has 16 rings (SSSR count). The van der Waals surface area contributed by atoms with Gasteiger partial charge in [-0.05, 0) is 187 Å². The lowest BCUT2D eigenvalue weighted by molar-refractivity contribution is 0.0991. The molecule has 0 bridgehead atoms. The summed E-state index contributed by atoms with van der Waals surface area (Å²) in [6.45, 7) is 0. The third-order valence-corrected chi connectivity index (χ3v) is 28.4. The fraction of sp³-hybridized carbons (Fsp3) is 0.0500. The van der Waals surface area contributed by atoms with Crippen LogP contribution in [0.3, 0.4) is 0 Å². The number of ether oxygens (including phenoxy) is 4. The first-order valence-electron chi connectivity index (χ1n) is 30.9. The summed E-state index contributed by atoms with van der Waals surface area (Å²) in [7, 11) is 0.285. The van der Waals surface area contributed by atoms with E-state index in [9.17, 15) is 19.2 Å². The minimum absolute atomic E-state index is 0.120. The molecule has 0 N–H and O–H groups in total. The lowest BCUT2D eigenvalue weighted by Gasteiger charge is -2.49. The SMILES string of the molecule is COc1ccc(C(=O)N2c3ccccc3[Si]3(c4ccccc42)c2ccccc2N(C(=O)c2ccc(OC)cc2)c2ccccc23)cc1.COc1ccc(C(=O)N2c3ccccc3[Si]3(c4ccccc42)c2ccccc2N(C(=O)c2ccc(OC)cc2)c2ccccc23)cc1. The molecule has 4 amide bonds. The van der Waals surface area contributed by atoms with Gasteiger partial charge >= 0.3 is 0 Å². The second kappa shape index (κ2) is 23.8. The van der Waals surface area contributed by atoms with Crippen LogP contribution in [0.1, 0.15) is 41.4 Å². The first-order valence-corrected chi connectivity index (χ1v) is 34.9. The van der Waals surface area contributed by atoms with Crippen LogP contribution in [0.5, 0.6) is 23.0 Å². The van der Waals surface area contributed by atoms with Crippen LogP contribution < -0.4 is 80.0 Å². The van der Waals surface area contributed by atoms with E-state index in [4.69, 9.17) is 18.9 Å². The Bertz CT molecular complexity index is 4160. The van der Waals surface area contributed by atoms with Gasteiger partial charge in [0.15, 0.2) is 16.1 Å². The molecule has 14 heteroatoms. The van der Waals surface area contributed by atoms with E-state index in [1.165, 1.54) is 0 Å². The van der Waals surface area contributed by atoms with Gasteiger partial charge in [0.25, 0.3) is 23.6 Å². The highest BCUT2D eigenvalue weighted by Gasteiger charge is 2.57. The number of rotatable bonds is 8. The molecule has 456 valence electrons. The summed E-state index contributed by atoms with van der Waals surface area (Å²) in [4.78, 5) is 65.3. The molecule has 94 heavy (non-hydrogen) atoms. The van der Waals surface area contributed by atoms with Crippen molar-refractivity contribution in [2.24, 2.45) is 0 Å². The Kier molecular flexibility index (Phi) is 14.8. The zero-order valence-corrected chi connectivity index (χ0v) is 53.8. The minimum Gasteiger partial charge on any atom is -0.497 e. The minimum atomic E-state index is -3.09. The highest BCUT2D eigenvalue weighted by Crippen LogP contribution is 2.43. The Morgan fingerprint density at radius 2 is 0.351 bits per heavy atom. The summed E-state index contributed by atoms with van der Waals surface area (Å²) in [5.41, 5.74) is 9.02. The van der Waals surface area contributed by atoms with E-state index in [0.29, 0.717) is 45.3 Å². The number of amides is 4. The molecule has 0 saturated carbocycles. The standard InChI is InChI=1S/2C40H30N2O4Si/c2*1-45-29-23-19-27(20-24-29)39(43)41-31-11-3-7-15-35(31)47(36-16-8-4-12-32(36)41)37-17-9-5-13-33(37)42(34-14-6-10-18-38(34)47)40(44)28-21-25-30(46-2)26-22-28/h2*3-26H,1-2H3. The molecule has 12 nitrogen and oxygen atoms in total. The highest BCUT2D eigenvalue weighted by molar-refractivity contribution is 7.24. The molecule has 0 aromatic heterocycles. The molecule has 12 aromatic carbocycles. The quantitative estimate of drug-likeness (QED) is 0.138. The van der Waals surface area contributed by atoms with Gasteiger partial charge in [-0.25, -0.2) is 0 Å². The summed E-state index contributed by atoms with van der Waals surface area (Å²) >= 11 is 0. The van der Waals surface area contributed by atoms with E-state index in [-0.39, 0.29) is 23.6 Å². The summed E-state index contributed by atoms with van der Waals surface area (Å²) in [5, 5.41) is 8.76.